The number of hydrogen-bond donors (Lipinski definition) is 2. The highest BCUT2D eigenvalue weighted by atomic mass is 32.2. The summed E-state index contributed by atoms with van der Waals surface area (Å²) < 4.78 is 26.9. The van der Waals surface area contributed by atoms with Crippen LogP contribution in [0, 0.1) is 0 Å². The number of anilines is 1. The van der Waals surface area contributed by atoms with Crippen LogP contribution in [0.15, 0.2) is 23.2 Å². The molecule has 2 unspecified atom stereocenters. The lowest BCUT2D eigenvalue weighted by atomic mass is 10.0. The minimum absolute atomic E-state index is 0.0288. The molecule has 0 radical (unpaired) electrons. The van der Waals surface area contributed by atoms with Crippen molar-refractivity contribution in [3.63, 3.8) is 0 Å². The van der Waals surface area contributed by atoms with Crippen molar-refractivity contribution >= 4 is 15.8 Å². The number of sulfonamides is 1. The molecule has 0 amide bonds. The van der Waals surface area contributed by atoms with Crippen molar-refractivity contribution in [3.05, 3.63) is 18.3 Å². The summed E-state index contributed by atoms with van der Waals surface area (Å²) in [5.41, 5.74) is 2.38. The molecule has 0 aliphatic carbocycles. The van der Waals surface area contributed by atoms with Crippen LogP contribution in [0.5, 0.6) is 0 Å². The number of rotatable bonds is 3. The summed E-state index contributed by atoms with van der Waals surface area (Å²) in [5, 5.41) is 0. The minimum Gasteiger partial charge on any atom is -0.308 e. The van der Waals surface area contributed by atoms with E-state index in [2.05, 4.69) is 10.4 Å². The lowest BCUT2D eigenvalue weighted by Crippen LogP contribution is -2.47. The fraction of sp³-hybridized carbons (Fsp3) is 0.583. The van der Waals surface area contributed by atoms with Crippen LogP contribution in [0.1, 0.15) is 33.1 Å². The summed E-state index contributed by atoms with van der Waals surface area (Å²) in [5.74, 6) is 5.67. The zero-order valence-corrected chi connectivity index (χ0v) is 12.0. The number of aromatic nitrogens is 1. The molecule has 2 atom stereocenters. The van der Waals surface area contributed by atoms with Gasteiger partial charge in [-0.1, -0.05) is 6.42 Å². The van der Waals surface area contributed by atoms with Gasteiger partial charge in [0.05, 0.1) is 0 Å². The second kappa shape index (κ2) is 5.44. The molecule has 0 spiro atoms. The summed E-state index contributed by atoms with van der Waals surface area (Å²) in [6, 6.07) is 3.15. The molecule has 1 fully saturated rings. The van der Waals surface area contributed by atoms with Crippen molar-refractivity contribution in [2.75, 3.05) is 5.43 Å². The number of nitrogen functional groups attached to an aromatic ring is 1. The van der Waals surface area contributed by atoms with Crippen molar-refractivity contribution in [1.82, 2.24) is 9.29 Å². The van der Waals surface area contributed by atoms with Crippen LogP contribution >= 0.6 is 0 Å². The van der Waals surface area contributed by atoms with E-state index in [0.29, 0.717) is 5.82 Å². The van der Waals surface area contributed by atoms with Gasteiger partial charge < -0.3 is 5.43 Å². The molecule has 1 aromatic rings. The second-order valence-corrected chi connectivity index (χ2v) is 6.83. The van der Waals surface area contributed by atoms with Gasteiger partial charge >= 0.3 is 0 Å². The van der Waals surface area contributed by atoms with E-state index >= 15 is 0 Å². The van der Waals surface area contributed by atoms with E-state index < -0.39 is 10.0 Å². The highest BCUT2D eigenvalue weighted by Gasteiger charge is 2.35. The Hall–Kier alpha value is -1.18. The van der Waals surface area contributed by atoms with Gasteiger partial charge in [-0.25, -0.2) is 19.2 Å². The summed E-state index contributed by atoms with van der Waals surface area (Å²) in [6.07, 6.45) is 4.22. The average Bonchev–Trinajstić information content (AvgIpc) is 2.38. The van der Waals surface area contributed by atoms with Crippen molar-refractivity contribution in [3.8, 4) is 0 Å². The molecule has 106 valence electrons. The minimum atomic E-state index is -3.48. The Kier molecular flexibility index (Phi) is 4.07. The van der Waals surface area contributed by atoms with Crippen LogP contribution in [-0.4, -0.2) is 29.8 Å². The van der Waals surface area contributed by atoms with Crippen LogP contribution in [0.4, 0.5) is 5.82 Å². The number of piperidine rings is 1. The van der Waals surface area contributed by atoms with E-state index in [1.54, 1.807) is 10.4 Å². The molecule has 0 bridgehead atoms. The van der Waals surface area contributed by atoms with Gasteiger partial charge in [0.25, 0.3) is 0 Å². The molecule has 3 N–H and O–H groups in total. The van der Waals surface area contributed by atoms with Crippen LogP contribution in [0.3, 0.4) is 0 Å². The van der Waals surface area contributed by atoms with E-state index in [4.69, 9.17) is 5.84 Å². The summed E-state index contributed by atoms with van der Waals surface area (Å²) in [7, 11) is -3.48. The largest absolute Gasteiger partial charge is 0.308 e. The van der Waals surface area contributed by atoms with Gasteiger partial charge in [0.2, 0.25) is 10.0 Å². The first-order valence-electron chi connectivity index (χ1n) is 6.43. The van der Waals surface area contributed by atoms with Crippen molar-refractivity contribution < 1.29 is 8.42 Å². The third-order valence-electron chi connectivity index (χ3n) is 3.57. The Balaban J connectivity index is 2.34. The Labute approximate surface area is 114 Å². The molecule has 19 heavy (non-hydrogen) atoms. The Morgan fingerprint density at radius 2 is 1.95 bits per heavy atom. The quantitative estimate of drug-likeness (QED) is 0.645. The second-order valence-electron chi connectivity index (χ2n) is 4.99. The normalized spacial score (nSPS) is 25.2. The zero-order valence-electron chi connectivity index (χ0n) is 11.2. The predicted molar refractivity (Wildman–Crippen MR) is 73.8 cm³/mol. The molecule has 0 aromatic carbocycles. The summed E-state index contributed by atoms with van der Waals surface area (Å²) in [4.78, 5) is 4.18. The molecule has 1 saturated heterocycles. The van der Waals surface area contributed by atoms with Gasteiger partial charge in [-0.05, 0) is 38.8 Å². The smallest absolute Gasteiger partial charge is 0.245 e. The van der Waals surface area contributed by atoms with Crippen LogP contribution in [0.25, 0.3) is 0 Å². The maximum absolute atomic E-state index is 12.6. The molecule has 7 heteroatoms. The molecule has 6 nitrogen and oxygen atoms in total. The van der Waals surface area contributed by atoms with Crippen LogP contribution in [-0.2, 0) is 10.0 Å². The van der Waals surface area contributed by atoms with E-state index in [0.717, 1.165) is 19.3 Å². The summed E-state index contributed by atoms with van der Waals surface area (Å²) in [6.45, 7) is 3.91. The van der Waals surface area contributed by atoms with E-state index in [9.17, 15) is 8.42 Å². The van der Waals surface area contributed by atoms with Gasteiger partial charge in [0.1, 0.15) is 10.7 Å². The highest BCUT2D eigenvalue weighted by Crippen LogP contribution is 2.29. The molecule has 2 rings (SSSR count). The maximum atomic E-state index is 12.6. The lowest BCUT2D eigenvalue weighted by Gasteiger charge is -2.37. The number of nitrogens with two attached hydrogens (primary N) is 1. The Morgan fingerprint density at radius 3 is 2.42 bits per heavy atom. The van der Waals surface area contributed by atoms with Crippen LogP contribution < -0.4 is 11.3 Å². The molecule has 1 aliphatic heterocycles. The number of nitrogens with one attached hydrogen (secondary N) is 1. The zero-order chi connectivity index (χ0) is 14.0. The van der Waals surface area contributed by atoms with Crippen LogP contribution in [0.2, 0.25) is 0 Å². The molecular weight excluding hydrogens is 264 g/mol. The molecule has 0 saturated carbocycles. The SMILES string of the molecule is CC1CCCC(C)N1S(=O)(=O)c1ccc(NN)nc1. The molecular formula is C12H20N4O2S. The Morgan fingerprint density at radius 1 is 1.32 bits per heavy atom. The van der Waals surface area contributed by atoms with E-state index in [1.807, 2.05) is 13.8 Å². The average molecular weight is 284 g/mol. The first kappa shape index (κ1) is 14.2. The molecule has 1 aliphatic rings. The fourth-order valence-electron chi connectivity index (χ4n) is 2.61. The standard InChI is InChI=1S/C12H20N4O2S/c1-9-4-3-5-10(2)16(9)19(17,18)11-6-7-12(15-13)14-8-11/h6-10H,3-5,13H2,1-2H3,(H,14,15). The van der Waals surface area contributed by atoms with Gasteiger partial charge in [0, 0.05) is 18.3 Å². The number of pyridine rings is 1. The number of hydrogen-bond acceptors (Lipinski definition) is 5. The lowest BCUT2D eigenvalue weighted by molar-refractivity contribution is 0.204. The van der Waals surface area contributed by atoms with E-state index in [1.165, 1.54) is 12.3 Å². The van der Waals surface area contributed by atoms with Gasteiger partial charge in [-0.3, -0.25) is 0 Å². The topological polar surface area (TPSA) is 88.3 Å². The maximum Gasteiger partial charge on any atom is 0.245 e. The number of nitrogens with zero attached hydrogens (tertiary/aromatic N) is 2. The third-order valence-corrected chi connectivity index (χ3v) is 5.68. The first-order valence-corrected chi connectivity index (χ1v) is 7.87. The summed E-state index contributed by atoms with van der Waals surface area (Å²) >= 11 is 0. The third kappa shape index (κ3) is 2.72. The van der Waals surface area contributed by atoms with Crippen molar-refractivity contribution in [1.29, 1.82) is 0 Å². The highest BCUT2D eigenvalue weighted by molar-refractivity contribution is 7.89. The molecule has 2 heterocycles. The van der Waals surface area contributed by atoms with Gasteiger partial charge in [0.15, 0.2) is 0 Å². The monoisotopic (exact) mass is 284 g/mol. The van der Waals surface area contributed by atoms with Gasteiger partial charge in [-0.2, -0.15) is 4.31 Å². The fourth-order valence-corrected chi connectivity index (χ4v) is 4.44. The first-order chi connectivity index (χ1) is 8.96. The Bertz CT molecular complexity index is 519. The molecule has 1 aromatic heterocycles. The van der Waals surface area contributed by atoms with E-state index in [-0.39, 0.29) is 17.0 Å². The van der Waals surface area contributed by atoms with Gasteiger partial charge in [-0.15, -0.1) is 0 Å². The van der Waals surface area contributed by atoms with Crippen molar-refractivity contribution in [2.45, 2.75) is 50.1 Å². The number of hydrazine groups is 1. The predicted octanol–water partition coefficient (Wildman–Crippen LogP) is 1.32. The van der Waals surface area contributed by atoms with Crippen molar-refractivity contribution in [2.24, 2.45) is 5.84 Å².